The van der Waals surface area contributed by atoms with Crippen LogP contribution in [0.5, 0.6) is 0 Å². The van der Waals surface area contributed by atoms with Crippen molar-refractivity contribution < 1.29 is 19.5 Å². The third-order valence-corrected chi connectivity index (χ3v) is 5.95. The van der Waals surface area contributed by atoms with E-state index in [1.165, 1.54) is 0 Å². The van der Waals surface area contributed by atoms with E-state index in [1.807, 2.05) is 11.8 Å². The van der Waals surface area contributed by atoms with E-state index in [9.17, 15) is 19.5 Å². The Kier molecular flexibility index (Phi) is 6.43. The quantitative estimate of drug-likeness (QED) is 0.722. The molecule has 2 heterocycles. The molecule has 25 heavy (non-hydrogen) atoms. The van der Waals surface area contributed by atoms with E-state index in [-0.39, 0.29) is 17.9 Å². The molecule has 0 saturated carbocycles. The largest absolute Gasteiger partial charge is 0.480 e. The van der Waals surface area contributed by atoms with Gasteiger partial charge in [-0.15, -0.1) is 0 Å². The van der Waals surface area contributed by atoms with Gasteiger partial charge in [-0.2, -0.15) is 0 Å². The number of hydrogen-bond acceptors (Lipinski definition) is 4. The predicted molar refractivity (Wildman–Crippen MR) is 94.1 cm³/mol. The lowest BCUT2D eigenvalue weighted by Crippen LogP contribution is -2.58. The first-order chi connectivity index (χ1) is 11.9. The zero-order valence-corrected chi connectivity index (χ0v) is 15.7. The van der Waals surface area contributed by atoms with E-state index in [4.69, 9.17) is 0 Å². The Labute approximate surface area is 149 Å². The summed E-state index contributed by atoms with van der Waals surface area (Å²) in [6, 6.07) is -0.183. The van der Waals surface area contributed by atoms with Crippen molar-refractivity contribution in [2.45, 2.75) is 52.5 Å². The van der Waals surface area contributed by atoms with Gasteiger partial charge in [0.1, 0.15) is 5.41 Å². The molecule has 0 bridgehead atoms. The molecule has 2 fully saturated rings. The second-order valence-electron chi connectivity index (χ2n) is 7.13. The monoisotopic (exact) mass is 353 g/mol. The number of aliphatic carboxylic acids is 1. The van der Waals surface area contributed by atoms with Crippen molar-refractivity contribution >= 4 is 17.8 Å². The van der Waals surface area contributed by atoms with Crippen LogP contribution < -0.4 is 0 Å². The van der Waals surface area contributed by atoms with Crippen LogP contribution >= 0.6 is 0 Å². The molecule has 2 aliphatic rings. The van der Waals surface area contributed by atoms with Crippen LogP contribution in [0.25, 0.3) is 0 Å². The number of carboxylic acid groups (broad SMARTS) is 1. The van der Waals surface area contributed by atoms with Gasteiger partial charge in [-0.1, -0.05) is 13.8 Å². The minimum Gasteiger partial charge on any atom is -0.480 e. The van der Waals surface area contributed by atoms with E-state index in [0.717, 1.165) is 25.9 Å². The molecule has 0 aliphatic carbocycles. The summed E-state index contributed by atoms with van der Waals surface area (Å²) in [5, 5.41) is 9.55. The minimum atomic E-state index is -1.32. The van der Waals surface area contributed by atoms with E-state index < -0.39 is 11.4 Å². The van der Waals surface area contributed by atoms with Crippen LogP contribution in [0.15, 0.2) is 0 Å². The molecule has 2 rings (SSSR count). The zero-order chi connectivity index (χ0) is 18.6. The second-order valence-corrected chi connectivity index (χ2v) is 7.13. The van der Waals surface area contributed by atoms with Gasteiger partial charge in [-0.3, -0.25) is 19.3 Å². The summed E-state index contributed by atoms with van der Waals surface area (Å²) in [5.41, 5.74) is -1.32. The third-order valence-electron chi connectivity index (χ3n) is 5.95. The topological polar surface area (TPSA) is 81.2 Å². The normalized spacial score (nSPS) is 20.6. The Bertz CT molecular complexity index is 504. The van der Waals surface area contributed by atoms with E-state index >= 15 is 0 Å². The minimum absolute atomic E-state index is 0.166. The lowest BCUT2D eigenvalue weighted by molar-refractivity contribution is -0.162. The third kappa shape index (κ3) is 3.81. The number of piperazine rings is 1. The first kappa shape index (κ1) is 19.7. The molecule has 0 spiro atoms. The maximum Gasteiger partial charge on any atom is 0.319 e. The molecule has 1 N–H and O–H groups in total. The predicted octanol–water partition coefficient (Wildman–Crippen LogP) is 1.03. The van der Waals surface area contributed by atoms with Crippen molar-refractivity contribution in [2.75, 3.05) is 39.3 Å². The smallest absolute Gasteiger partial charge is 0.319 e. The first-order valence-electron chi connectivity index (χ1n) is 9.43. The van der Waals surface area contributed by atoms with Crippen LogP contribution in [-0.4, -0.2) is 82.9 Å². The summed E-state index contributed by atoms with van der Waals surface area (Å²) >= 11 is 0. The standard InChI is InChI=1S/C18H31N3O4/c1-4-18(5-2,17(24)25)16(23)21-12-10-19(11-13-21)14(3)15(22)20-8-6-7-9-20/h14H,4-13H2,1-3H3,(H,24,25). The SMILES string of the molecule is CCC(CC)(C(=O)O)C(=O)N1CCN(C(C)C(=O)N2CCCC2)CC1. The van der Waals surface area contributed by atoms with Crippen LogP contribution in [0.2, 0.25) is 0 Å². The Morgan fingerprint density at radius 1 is 0.920 bits per heavy atom. The molecule has 2 saturated heterocycles. The highest BCUT2D eigenvalue weighted by Gasteiger charge is 2.46. The fourth-order valence-corrected chi connectivity index (χ4v) is 3.92. The van der Waals surface area contributed by atoms with Crippen molar-refractivity contribution in [3.8, 4) is 0 Å². The van der Waals surface area contributed by atoms with Crippen LogP contribution in [0.3, 0.4) is 0 Å². The summed E-state index contributed by atoms with van der Waals surface area (Å²) in [7, 11) is 0. The van der Waals surface area contributed by atoms with Gasteiger partial charge in [0.05, 0.1) is 6.04 Å². The molecule has 0 aromatic carbocycles. The fourth-order valence-electron chi connectivity index (χ4n) is 3.92. The van der Waals surface area contributed by atoms with E-state index in [1.54, 1.807) is 18.7 Å². The average Bonchev–Trinajstić information content (AvgIpc) is 3.16. The van der Waals surface area contributed by atoms with Crippen molar-refractivity contribution in [2.24, 2.45) is 5.41 Å². The number of rotatable bonds is 6. The van der Waals surface area contributed by atoms with Gasteiger partial charge < -0.3 is 14.9 Å². The summed E-state index contributed by atoms with van der Waals surface area (Å²) < 4.78 is 0. The fraction of sp³-hybridized carbons (Fsp3) is 0.833. The Morgan fingerprint density at radius 2 is 1.44 bits per heavy atom. The van der Waals surface area contributed by atoms with Crippen molar-refractivity contribution in [3.05, 3.63) is 0 Å². The molecule has 2 amide bonds. The van der Waals surface area contributed by atoms with Crippen LogP contribution in [0.4, 0.5) is 0 Å². The van der Waals surface area contributed by atoms with E-state index in [0.29, 0.717) is 39.0 Å². The summed E-state index contributed by atoms with van der Waals surface area (Å²) in [5.74, 6) is -1.16. The van der Waals surface area contributed by atoms with Crippen molar-refractivity contribution in [3.63, 3.8) is 0 Å². The number of likely N-dealkylation sites (tertiary alicyclic amines) is 1. The molecule has 142 valence electrons. The van der Waals surface area contributed by atoms with Gasteiger partial charge in [0, 0.05) is 39.3 Å². The van der Waals surface area contributed by atoms with Gasteiger partial charge in [0.2, 0.25) is 11.8 Å². The maximum atomic E-state index is 12.8. The zero-order valence-electron chi connectivity index (χ0n) is 15.7. The molecule has 0 aromatic heterocycles. The highest BCUT2D eigenvalue weighted by Crippen LogP contribution is 2.30. The van der Waals surface area contributed by atoms with Crippen LogP contribution in [0, 0.1) is 5.41 Å². The molecule has 7 heteroatoms. The summed E-state index contributed by atoms with van der Waals surface area (Å²) in [6.07, 6.45) is 2.74. The number of hydrogen-bond donors (Lipinski definition) is 1. The molecule has 0 aromatic rings. The number of carbonyl (C=O) groups is 3. The number of amides is 2. The Morgan fingerprint density at radius 3 is 1.88 bits per heavy atom. The first-order valence-corrected chi connectivity index (χ1v) is 9.43. The maximum absolute atomic E-state index is 12.8. The van der Waals surface area contributed by atoms with Gasteiger partial charge in [0.15, 0.2) is 0 Å². The molecular formula is C18H31N3O4. The highest BCUT2D eigenvalue weighted by atomic mass is 16.4. The van der Waals surface area contributed by atoms with Gasteiger partial charge >= 0.3 is 5.97 Å². The van der Waals surface area contributed by atoms with Crippen LogP contribution in [-0.2, 0) is 14.4 Å². The van der Waals surface area contributed by atoms with E-state index in [2.05, 4.69) is 4.90 Å². The molecule has 7 nitrogen and oxygen atoms in total. The highest BCUT2D eigenvalue weighted by molar-refractivity contribution is 6.01. The van der Waals surface area contributed by atoms with Gasteiger partial charge in [0.25, 0.3) is 0 Å². The average molecular weight is 353 g/mol. The molecule has 1 unspecified atom stereocenters. The van der Waals surface area contributed by atoms with Crippen LogP contribution in [0.1, 0.15) is 46.5 Å². The lowest BCUT2D eigenvalue weighted by atomic mass is 9.80. The molecule has 0 radical (unpaired) electrons. The summed E-state index contributed by atoms with van der Waals surface area (Å²) in [6.45, 7) is 9.29. The molecule has 2 aliphatic heterocycles. The molecular weight excluding hydrogens is 322 g/mol. The van der Waals surface area contributed by atoms with Gasteiger partial charge in [-0.25, -0.2) is 0 Å². The number of carbonyl (C=O) groups excluding carboxylic acids is 2. The van der Waals surface area contributed by atoms with Gasteiger partial charge in [-0.05, 0) is 32.6 Å². The Balaban J connectivity index is 1.95. The number of nitrogens with zero attached hydrogens (tertiary/aromatic N) is 3. The van der Waals surface area contributed by atoms with Crippen molar-refractivity contribution in [1.82, 2.24) is 14.7 Å². The summed E-state index contributed by atoms with van der Waals surface area (Å²) in [4.78, 5) is 42.7. The lowest BCUT2D eigenvalue weighted by Gasteiger charge is -2.41. The molecule has 1 atom stereocenters. The number of carboxylic acids is 1. The second kappa shape index (κ2) is 8.17. The Hall–Kier alpha value is -1.63. The van der Waals surface area contributed by atoms with Crippen molar-refractivity contribution in [1.29, 1.82) is 0 Å².